The van der Waals surface area contributed by atoms with Crippen molar-refractivity contribution in [3.63, 3.8) is 0 Å². The third kappa shape index (κ3) is 2.18. The van der Waals surface area contributed by atoms with Crippen LogP contribution in [-0.4, -0.2) is 15.3 Å². The van der Waals surface area contributed by atoms with Gasteiger partial charge in [0.2, 0.25) is 0 Å². The minimum Gasteiger partial charge on any atom is -0.508 e. The molecule has 1 aromatic carbocycles. The summed E-state index contributed by atoms with van der Waals surface area (Å²) in [6.45, 7) is 8.17. The topological polar surface area (TPSA) is 74.9 Å². The Labute approximate surface area is 107 Å². The number of phenolic OH excluding ortho intramolecular Hbond substituents is 1. The number of H-pyrrole nitrogens is 1. The smallest absolute Gasteiger partial charge is 0.145 e. The van der Waals surface area contributed by atoms with Gasteiger partial charge in [-0.25, -0.2) is 0 Å². The standard InChI is InChI=1S/C14H19N3O/c1-8-5-12(18)10(14(2,3)4)6-9(8)11-7-13(15)17-16-11/h5-7,18H,1-4H3,(H3,15,16,17). The van der Waals surface area contributed by atoms with Crippen molar-refractivity contribution < 1.29 is 5.11 Å². The number of anilines is 1. The number of aromatic hydroxyl groups is 1. The van der Waals surface area contributed by atoms with E-state index in [0.717, 1.165) is 22.4 Å². The summed E-state index contributed by atoms with van der Waals surface area (Å²) in [6, 6.07) is 5.58. The first kappa shape index (κ1) is 12.5. The van der Waals surface area contributed by atoms with E-state index >= 15 is 0 Å². The summed E-state index contributed by atoms with van der Waals surface area (Å²) in [6.07, 6.45) is 0. The van der Waals surface area contributed by atoms with Crippen LogP contribution in [0.1, 0.15) is 31.9 Å². The molecule has 4 heteroatoms. The summed E-state index contributed by atoms with van der Waals surface area (Å²) >= 11 is 0. The van der Waals surface area contributed by atoms with Crippen molar-refractivity contribution in [1.82, 2.24) is 10.2 Å². The van der Waals surface area contributed by atoms with Crippen molar-refractivity contribution in [3.05, 3.63) is 29.3 Å². The van der Waals surface area contributed by atoms with Crippen LogP contribution in [0, 0.1) is 6.92 Å². The van der Waals surface area contributed by atoms with Gasteiger partial charge in [0.05, 0.1) is 5.69 Å². The third-order valence-electron chi connectivity index (χ3n) is 3.04. The van der Waals surface area contributed by atoms with Crippen LogP contribution >= 0.6 is 0 Å². The minimum absolute atomic E-state index is 0.113. The molecular formula is C14H19N3O. The second-order valence-electron chi connectivity index (χ2n) is 5.64. The summed E-state index contributed by atoms with van der Waals surface area (Å²) in [5.74, 6) is 0.797. The van der Waals surface area contributed by atoms with Crippen LogP contribution in [0.2, 0.25) is 0 Å². The molecule has 1 heterocycles. The van der Waals surface area contributed by atoms with Gasteiger partial charge in [0, 0.05) is 11.6 Å². The molecule has 18 heavy (non-hydrogen) atoms. The van der Waals surface area contributed by atoms with Crippen LogP contribution in [0.25, 0.3) is 11.3 Å². The van der Waals surface area contributed by atoms with Gasteiger partial charge in [-0.05, 0) is 35.6 Å². The first-order valence-corrected chi connectivity index (χ1v) is 5.94. The summed E-state index contributed by atoms with van der Waals surface area (Å²) in [5, 5.41) is 16.9. The predicted molar refractivity (Wildman–Crippen MR) is 73.5 cm³/mol. The highest BCUT2D eigenvalue weighted by Gasteiger charge is 2.20. The molecule has 0 aliphatic carbocycles. The number of phenols is 1. The van der Waals surface area contributed by atoms with Gasteiger partial charge in [-0.15, -0.1) is 0 Å². The molecule has 2 rings (SSSR count). The summed E-state index contributed by atoms with van der Waals surface area (Å²) < 4.78 is 0. The fraction of sp³-hybridized carbons (Fsp3) is 0.357. The van der Waals surface area contributed by atoms with Crippen LogP contribution in [0.3, 0.4) is 0 Å². The molecule has 0 saturated carbocycles. The van der Waals surface area contributed by atoms with Gasteiger partial charge in [0.15, 0.2) is 0 Å². The Kier molecular flexibility index (Phi) is 2.81. The maximum Gasteiger partial charge on any atom is 0.145 e. The second-order valence-corrected chi connectivity index (χ2v) is 5.64. The molecule has 0 fully saturated rings. The zero-order valence-corrected chi connectivity index (χ0v) is 11.2. The number of hydrogen-bond donors (Lipinski definition) is 3. The van der Waals surface area contributed by atoms with E-state index in [0.29, 0.717) is 11.6 Å². The first-order valence-electron chi connectivity index (χ1n) is 5.94. The third-order valence-corrected chi connectivity index (χ3v) is 3.04. The van der Waals surface area contributed by atoms with Crippen molar-refractivity contribution in [1.29, 1.82) is 0 Å². The number of benzene rings is 1. The highest BCUT2D eigenvalue weighted by Crippen LogP contribution is 2.36. The minimum atomic E-state index is -0.113. The van der Waals surface area contributed by atoms with Gasteiger partial charge in [0.25, 0.3) is 0 Å². The maximum atomic E-state index is 10.1. The molecule has 4 N–H and O–H groups in total. The fourth-order valence-electron chi connectivity index (χ4n) is 2.06. The van der Waals surface area contributed by atoms with Gasteiger partial charge >= 0.3 is 0 Å². The van der Waals surface area contributed by atoms with E-state index in [9.17, 15) is 5.11 Å². The molecule has 1 aromatic heterocycles. The maximum absolute atomic E-state index is 10.1. The Balaban J connectivity index is 2.62. The molecule has 0 radical (unpaired) electrons. The van der Waals surface area contributed by atoms with Gasteiger partial charge in [-0.3, -0.25) is 5.10 Å². The summed E-state index contributed by atoms with van der Waals surface area (Å²) in [7, 11) is 0. The van der Waals surface area contributed by atoms with Crippen LogP contribution in [0.15, 0.2) is 18.2 Å². The van der Waals surface area contributed by atoms with Gasteiger partial charge in [-0.1, -0.05) is 20.8 Å². The Morgan fingerprint density at radius 2 is 1.89 bits per heavy atom. The molecule has 0 aliphatic heterocycles. The molecule has 0 bridgehead atoms. The van der Waals surface area contributed by atoms with Crippen molar-refractivity contribution in [3.8, 4) is 17.0 Å². The quantitative estimate of drug-likeness (QED) is 0.723. The van der Waals surface area contributed by atoms with Gasteiger partial charge in [0.1, 0.15) is 11.6 Å². The molecule has 96 valence electrons. The molecule has 0 aliphatic rings. The van der Waals surface area contributed by atoms with Crippen LogP contribution < -0.4 is 5.73 Å². The largest absolute Gasteiger partial charge is 0.508 e. The zero-order chi connectivity index (χ0) is 13.5. The van der Waals surface area contributed by atoms with Crippen LogP contribution in [-0.2, 0) is 5.41 Å². The van der Waals surface area contributed by atoms with Crippen molar-refractivity contribution in [2.75, 3.05) is 5.73 Å². The number of rotatable bonds is 1. The highest BCUT2D eigenvalue weighted by molar-refractivity contribution is 5.68. The molecule has 2 aromatic rings. The van der Waals surface area contributed by atoms with E-state index in [4.69, 9.17) is 5.73 Å². The predicted octanol–water partition coefficient (Wildman–Crippen LogP) is 2.97. The SMILES string of the molecule is Cc1cc(O)c(C(C)(C)C)cc1-c1cc(N)n[nH]1. The lowest BCUT2D eigenvalue weighted by Gasteiger charge is -2.22. The lowest BCUT2D eigenvalue weighted by molar-refractivity contribution is 0.446. The molecule has 0 unspecified atom stereocenters. The lowest BCUT2D eigenvalue weighted by Crippen LogP contribution is -2.11. The Morgan fingerprint density at radius 3 is 2.39 bits per heavy atom. The van der Waals surface area contributed by atoms with E-state index in [2.05, 4.69) is 31.0 Å². The van der Waals surface area contributed by atoms with E-state index in [1.54, 1.807) is 12.1 Å². The van der Waals surface area contributed by atoms with Crippen LogP contribution in [0.4, 0.5) is 5.82 Å². The Bertz CT molecular complexity index is 579. The Morgan fingerprint density at radius 1 is 1.22 bits per heavy atom. The number of aromatic nitrogens is 2. The molecule has 0 atom stereocenters. The number of hydrogen-bond acceptors (Lipinski definition) is 3. The summed E-state index contributed by atoms with van der Waals surface area (Å²) in [5.41, 5.74) is 9.30. The molecule has 0 amide bonds. The van der Waals surface area contributed by atoms with E-state index < -0.39 is 0 Å². The number of nitrogens with two attached hydrogens (primary N) is 1. The molecular weight excluding hydrogens is 226 g/mol. The average Bonchev–Trinajstić information content (AvgIpc) is 2.62. The summed E-state index contributed by atoms with van der Waals surface area (Å²) in [4.78, 5) is 0. The number of nitrogens with zero attached hydrogens (tertiary/aromatic N) is 1. The number of aryl methyl sites for hydroxylation is 1. The Hall–Kier alpha value is -1.97. The van der Waals surface area contributed by atoms with Crippen LogP contribution in [0.5, 0.6) is 5.75 Å². The lowest BCUT2D eigenvalue weighted by atomic mass is 9.84. The fourth-order valence-corrected chi connectivity index (χ4v) is 2.06. The van der Waals surface area contributed by atoms with E-state index in [-0.39, 0.29) is 5.41 Å². The van der Waals surface area contributed by atoms with Crippen molar-refractivity contribution in [2.24, 2.45) is 0 Å². The normalized spacial score (nSPS) is 11.8. The zero-order valence-electron chi connectivity index (χ0n) is 11.2. The number of aromatic amines is 1. The highest BCUT2D eigenvalue weighted by atomic mass is 16.3. The van der Waals surface area contributed by atoms with Gasteiger partial charge in [-0.2, -0.15) is 5.10 Å². The molecule has 0 saturated heterocycles. The van der Waals surface area contributed by atoms with Gasteiger partial charge < -0.3 is 10.8 Å². The first-order chi connectivity index (χ1) is 8.29. The van der Waals surface area contributed by atoms with Crippen molar-refractivity contribution >= 4 is 5.82 Å². The van der Waals surface area contributed by atoms with E-state index in [1.165, 1.54) is 0 Å². The van der Waals surface area contributed by atoms with Crippen molar-refractivity contribution in [2.45, 2.75) is 33.1 Å². The number of nitrogen functional groups attached to an aromatic ring is 1. The second kappa shape index (κ2) is 4.05. The molecule has 0 spiro atoms. The van der Waals surface area contributed by atoms with E-state index in [1.807, 2.05) is 13.0 Å². The monoisotopic (exact) mass is 245 g/mol. The molecule has 4 nitrogen and oxygen atoms in total. The average molecular weight is 245 g/mol. The number of nitrogens with one attached hydrogen (secondary N) is 1.